The van der Waals surface area contributed by atoms with E-state index in [1.165, 1.54) is 0 Å². The van der Waals surface area contributed by atoms with Gasteiger partial charge in [0.05, 0.1) is 12.0 Å². The van der Waals surface area contributed by atoms with E-state index in [0.717, 1.165) is 5.56 Å². The fourth-order valence-electron chi connectivity index (χ4n) is 1.36. The molecule has 15 heavy (non-hydrogen) atoms. The first kappa shape index (κ1) is 11.6. The molecule has 0 fully saturated rings. The molecule has 0 aromatic heterocycles. The van der Waals surface area contributed by atoms with Crippen LogP contribution < -0.4 is 5.73 Å². The highest BCUT2D eigenvalue weighted by Crippen LogP contribution is 2.26. The summed E-state index contributed by atoms with van der Waals surface area (Å²) in [7, 11) is 0. The van der Waals surface area contributed by atoms with Gasteiger partial charge in [-0.25, -0.2) is 0 Å². The van der Waals surface area contributed by atoms with Crippen molar-refractivity contribution in [3.63, 3.8) is 0 Å². The van der Waals surface area contributed by atoms with Crippen molar-refractivity contribution in [2.75, 3.05) is 12.3 Å². The van der Waals surface area contributed by atoms with Crippen LogP contribution in [-0.2, 0) is 14.9 Å². The van der Waals surface area contributed by atoms with Crippen molar-refractivity contribution in [3.05, 3.63) is 29.8 Å². The molecule has 1 aromatic rings. The molecule has 3 heteroatoms. The Hall–Kier alpha value is -1.51. The normalized spacial score (nSPS) is 11.1. The van der Waals surface area contributed by atoms with E-state index in [0.29, 0.717) is 12.3 Å². The van der Waals surface area contributed by atoms with Crippen molar-refractivity contribution >= 4 is 11.7 Å². The van der Waals surface area contributed by atoms with Crippen LogP contribution in [0.5, 0.6) is 0 Å². The molecule has 1 aromatic carbocycles. The lowest BCUT2D eigenvalue weighted by atomic mass is 9.84. The molecule has 0 aliphatic heterocycles. The van der Waals surface area contributed by atoms with E-state index in [1.807, 2.05) is 26.0 Å². The van der Waals surface area contributed by atoms with Gasteiger partial charge in [0.25, 0.3) is 0 Å². The standard InChI is InChI=1S/C12H17NO2/c1-4-15-11(14)12(2,3)9-6-5-7-10(13)8-9/h5-8H,4,13H2,1-3H3. The SMILES string of the molecule is CCOC(=O)C(C)(C)c1cccc(N)c1. The first-order valence-electron chi connectivity index (χ1n) is 5.01. The van der Waals surface area contributed by atoms with Crippen LogP contribution in [0.3, 0.4) is 0 Å². The van der Waals surface area contributed by atoms with E-state index in [1.54, 1.807) is 19.1 Å². The Bertz CT molecular complexity index is 358. The van der Waals surface area contributed by atoms with Crippen molar-refractivity contribution < 1.29 is 9.53 Å². The lowest BCUT2D eigenvalue weighted by Crippen LogP contribution is -2.31. The third kappa shape index (κ3) is 2.49. The molecular weight excluding hydrogens is 190 g/mol. The van der Waals surface area contributed by atoms with E-state index in [2.05, 4.69) is 0 Å². The number of nitrogen functional groups attached to an aromatic ring is 1. The Morgan fingerprint density at radius 3 is 2.67 bits per heavy atom. The van der Waals surface area contributed by atoms with Gasteiger partial charge in [0.1, 0.15) is 0 Å². The molecule has 0 amide bonds. The Morgan fingerprint density at radius 1 is 1.47 bits per heavy atom. The summed E-state index contributed by atoms with van der Waals surface area (Å²) in [5, 5.41) is 0. The Morgan fingerprint density at radius 2 is 2.13 bits per heavy atom. The molecule has 0 saturated heterocycles. The van der Waals surface area contributed by atoms with Gasteiger partial charge in [0, 0.05) is 5.69 Å². The molecule has 82 valence electrons. The number of rotatable bonds is 3. The van der Waals surface area contributed by atoms with Crippen molar-refractivity contribution in [1.29, 1.82) is 0 Å². The summed E-state index contributed by atoms with van der Waals surface area (Å²) in [6, 6.07) is 7.32. The number of esters is 1. The van der Waals surface area contributed by atoms with Crippen LogP contribution in [0.15, 0.2) is 24.3 Å². The number of carbonyl (C=O) groups is 1. The quantitative estimate of drug-likeness (QED) is 0.610. The van der Waals surface area contributed by atoms with Gasteiger partial charge in [-0.05, 0) is 38.5 Å². The summed E-state index contributed by atoms with van der Waals surface area (Å²) in [5.74, 6) is -0.226. The monoisotopic (exact) mass is 207 g/mol. The van der Waals surface area contributed by atoms with E-state index >= 15 is 0 Å². The Labute approximate surface area is 90.2 Å². The summed E-state index contributed by atoms with van der Waals surface area (Å²) in [6.07, 6.45) is 0. The van der Waals surface area contributed by atoms with Crippen molar-refractivity contribution in [2.45, 2.75) is 26.2 Å². The lowest BCUT2D eigenvalue weighted by Gasteiger charge is -2.22. The number of hydrogen-bond donors (Lipinski definition) is 1. The summed E-state index contributed by atoms with van der Waals surface area (Å²) in [4.78, 5) is 11.7. The molecule has 0 saturated carbocycles. The fraction of sp³-hybridized carbons (Fsp3) is 0.417. The van der Waals surface area contributed by atoms with Crippen LogP contribution in [0.25, 0.3) is 0 Å². The van der Waals surface area contributed by atoms with Gasteiger partial charge in [-0.2, -0.15) is 0 Å². The third-order valence-electron chi connectivity index (χ3n) is 2.39. The van der Waals surface area contributed by atoms with Gasteiger partial charge in [-0.1, -0.05) is 12.1 Å². The Kier molecular flexibility index (Phi) is 3.35. The minimum atomic E-state index is -0.647. The molecule has 0 heterocycles. The van der Waals surface area contributed by atoms with E-state index in [9.17, 15) is 4.79 Å². The second kappa shape index (κ2) is 4.34. The molecule has 1 rings (SSSR count). The molecule has 2 N–H and O–H groups in total. The lowest BCUT2D eigenvalue weighted by molar-refractivity contribution is -0.148. The molecule has 0 atom stereocenters. The maximum Gasteiger partial charge on any atom is 0.315 e. The van der Waals surface area contributed by atoms with Crippen LogP contribution >= 0.6 is 0 Å². The summed E-state index contributed by atoms with van der Waals surface area (Å²) < 4.78 is 5.02. The second-order valence-corrected chi connectivity index (χ2v) is 3.97. The first-order chi connectivity index (χ1) is 6.98. The number of nitrogens with two attached hydrogens (primary N) is 1. The smallest absolute Gasteiger partial charge is 0.315 e. The Balaban J connectivity index is 2.99. The highest BCUT2D eigenvalue weighted by atomic mass is 16.5. The zero-order chi connectivity index (χ0) is 11.5. The number of anilines is 1. The van der Waals surface area contributed by atoms with Gasteiger partial charge in [0.15, 0.2) is 0 Å². The van der Waals surface area contributed by atoms with Crippen molar-refractivity contribution in [2.24, 2.45) is 0 Å². The van der Waals surface area contributed by atoms with Gasteiger partial charge < -0.3 is 10.5 Å². The molecular formula is C12H17NO2. The fourth-order valence-corrected chi connectivity index (χ4v) is 1.36. The van der Waals surface area contributed by atoms with E-state index < -0.39 is 5.41 Å². The molecule has 0 radical (unpaired) electrons. The topological polar surface area (TPSA) is 52.3 Å². The van der Waals surface area contributed by atoms with Crippen molar-refractivity contribution in [1.82, 2.24) is 0 Å². The molecule has 3 nitrogen and oxygen atoms in total. The summed E-state index contributed by atoms with van der Waals surface area (Å²) in [5.41, 5.74) is 6.56. The van der Waals surface area contributed by atoms with Gasteiger partial charge in [-0.3, -0.25) is 4.79 Å². The van der Waals surface area contributed by atoms with E-state index in [-0.39, 0.29) is 5.97 Å². The van der Waals surface area contributed by atoms with Crippen LogP contribution in [0.2, 0.25) is 0 Å². The predicted octanol–water partition coefficient (Wildman–Crippen LogP) is 2.11. The number of carbonyl (C=O) groups excluding carboxylic acids is 1. The van der Waals surface area contributed by atoms with Crippen LogP contribution in [0.4, 0.5) is 5.69 Å². The largest absolute Gasteiger partial charge is 0.465 e. The first-order valence-corrected chi connectivity index (χ1v) is 5.01. The minimum absolute atomic E-state index is 0.226. The molecule has 0 spiro atoms. The summed E-state index contributed by atoms with van der Waals surface area (Å²) >= 11 is 0. The highest BCUT2D eigenvalue weighted by Gasteiger charge is 2.31. The maximum atomic E-state index is 11.7. The molecule has 0 aliphatic rings. The van der Waals surface area contributed by atoms with Crippen LogP contribution in [0, 0.1) is 0 Å². The summed E-state index contributed by atoms with van der Waals surface area (Å²) in [6.45, 7) is 5.86. The second-order valence-electron chi connectivity index (χ2n) is 3.97. The minimum Gasteiger partial charge on any atom is -0.465 e. The van der Waals surface area contributed by atoms with Crippen LogP contribution in [-0.4, -0.2) is 12.6 Å². The zero-order valence-corrected chi connectivity index (χ0v) is 9.41. The average molecular weight is 207 g/mol. The average Bonchev–Trinajstić information content (AvgIpc) is 2.18. The highest BCUT2D eigenvalue weighted by molar-refractivity contribution is 5.82. The third-order valence-corrected chi connectivity index (χ3v) is 2.39. The zero-order valence-electron chi connectivity index (χ0n) is 9.41. The van der Waals surface area contributed by atoms with Crippen molar-refractivity contribution in [3.8, 4) is 0 Å². The van der Waals surface area contributed by atoms with Gasteiger partial charge in [0.2, 0.25) is 0 Å². The van der Waals surface area contributed by atoms with Gasteiger partial charge >= 0.3 is 5.97 Å². The number of hydrogen-bond acceptors (Lipinski definition) is 3. The molecule has 0 bridgehead atoms. The maximum absolute atomic E-state index is 11.7. The number of benzene rings is 1. The van der Waals surface area contributed by atoms with E-state index in [4.69, 9.17) is 10.5 Å². The van der Waals surface area contributed by atoms with Crippen LogP contribution in [0.1, 0.15) is 26.3 Å². The van der Waals surface area contributed by atoms with Gasteiger partial charge in [-0.15, -0.1) is 0 Å². The number of ether oxygens (including phenoxy) is 1. The molecule has 0 unspecified atom stereocenters. The molecule has 0 aliphatic carbocycles. The predicted molar refractivity (Wildman–Crippen MR) is 60.5 cm³/mol.